The monoisotopic (exact) mass is 326 g/mol. The Kier molecular flexibility index (Phi) is 4.11. The van der Waals surface area contributed by atoms with Gasteiger partial charge in [0, 0.05) is 18.1 Å². The lowest BCUT2D eigenvalue weighted by molar-refractivity contribution is 0.0393. The Morgan fingerprint density at radius 3 is 2.54 bits per heavy atom. The molecule has 0 bridgehead atoms. The van der Waals surface area contributed by atoms with E-state index < -0.39 is 17.6 Å². The molecular weight excluding hydrogens is 312 g/mol. The summed E-state index contributed by atoms with van der Waals surface area (Å²) in [5, 5.41) is 0. The summed E-state index contributed by atoms with van der Waals surface area (Å²) in [6.07, 6.45) is 5.47. The summed E-state index contributed by atoms with van der Waals surface area (Å²) in [7, 11) is 0. The summed E-state index contributed by atoms with van der Waals surface area (Å²) in [6, 6.07) is 6.51. The van der Waals surface area contributed by atoms with E-state index in [0.717, 1.165) is 5.69 Å². The number of hydrogen-bond acceptors (Lipinski definition) is 5. The van der Waals surface area contributed by atoms with Crippen molar-refractivity contribution < 1.29 is 14.3 Å². The van der Waals surface area contributed by atoms with Crippen molar-refractivity contribution in [3.63, 3.8) is 0 Å². The van der Waals surface area contributed by atoms with Crippen molar-refractivity contribution >= 4 is 11.9 Å². The van der Waals surface area contributed by atoms with Crippen LogP contribution in [0.3, 0.4) is 0 Å². The van der Waals surface area contributed by atoms with Crippen molar-refractivity contribution in [2.24, 2.45) is 0 Å². The van der Waals surface area contributed by atoms with Crippen LogP contribution < -0.4 is 5.69 Å². The molecule has 0 radical (unpaired) electrons. The van der Waals surface area contributed by atoms with Gasteiger partial charge in [-0.2, -0.15) is 0 Å². The SMILES string of the molecule is CCc1[nH]c(=O)[nH]c1C(=O)OC(=O)c1ccc(-n2ccnc2)cc1. The van der Waals surface area contributed by atoms with Crippen LogP contribution >= 0.6 is 0 Å². The van der Waals surface area contributed by atoms with Crippen molar-refractivity contribution in [1.82, 2.24) is 19.5 Å². The van der Waals surface area contributed by atoms with Gasteiger partial charge in [0.25, 0.3) is 0 Å². The minimum absolute atomic E-state index is 0.0362. The van der Waals surface area contributed by atoms with Crippen LogP contribution in [0.2, 0.25) is 0 Å². The maximum absolute atomic E-state index is 12.1. The van der Waals surface area contributed by atoms with Crippen molar-refractivity contribution in [3.8, 4) is 5.69 Å². The van der Waals surface area contributed by atoms with Gasteiger partial charge in [-0.3, -0.25) is 4.98 Å². The molecule has 2 aromatic heterocycles. The van der Waals surface area contributed by atoms with Crippen molar-refractivity contribution in [2.45, 2.75) is 13.3 Å². The quantitative estimate of drug-likeness (QED) is 0.557. The first kappa shape index (κ1) is 15.5. The number of aryl methyl sites for hydroxylation is 1. The van der Waals surface area contributed by atoms with Crippen LogP contribution in [0.5, 0.6) is 0 Å². The summed E-state index contributed by atoms with van der Waals surface area (Å²) in [5.74, 6) is -1.69. The minimum atomic E-state index is -0.895. The molecule has 0 fully saturated rings. The van der Waals surface area contributed by atoms with Gasteiger partial charge < -0.3 is 14.3 Å². The highest BCUT2D eigenvalue weighted by Crippen LogP contribution is 2.11. The van der Waals surface area contributed by atoms with Gasteiger partial charge in [0.15, 0.2) is 0 Å². The van der Waals surface area contributed by atoms with E-state index in [-0.39, 0.29) is 11.3 Å². The molecule has 122 valence electrons. The van der Waals surface area contributed by atoms with E-state index in [4.69, 9.17) is 4.74 Å². The summed E-state index contributed by atoms with van der Waals surface area (Å²) in [5.41, 5.74) is 0.886. The molecule has 8 heteroatoms. The summed E-state index contributed by atoms with van der Waals surface area (Å²) >= 11 is 0. The molecule has 3 rings (SSSR count). The fourth-order valence-corrected chi connectivity index (χ4v) is 2.23. The number of carbonyl (C=O) groups is 2. The zero-order valence-corrected chi connectivity index (χ0v) is 12.8. The normalized spacial score (nSPS) is 10.5. The maximum Gasteiger partial charge on any atom is 0.364 e. The summed E-state index contributed by atoms with van der Waals surface area (Å²) < 4.78 is 6.60. The van der Waals surface area contributed by atoms with Crippen molar-refractivity contribution in [1.29, 1.82) is 0 Å². The average Bonchev–Trinajstić information content (AvgIpc) is 3.24. The molecule has 2 heterocycles. The summed E-state index contributed by atoms with van der Waals surface area (Å²) in [4.78, 5) is 44.1. The van der Waals surface area contributed by atoms with Gasteiger partial charge in [-0.25, -0.2) is 19.4 Å². The molecule has 8 nitrogen and oxygen atoms in total. The molecule has 0 atom stereocenters. The van der Waals surface area contributed by atoms with E-state index in [2.05, 4.69) is 15.0 Å². The first-order valence-corrected chi connectivity index (χ1v) is 7.24. The van der Waals surface area contributed by atoms with Gasteiger partial charge >= 0.3 is 17.6 Å². The Labute approximate surface area is 136 Å². The van der Waals surface area contributed by atoms with Gasteiger partial charge in [0.1, 0.15) is 5.69 Å². The Morgan fingerprint density at radius 1 is 1.17 bits per heavy atom. The van der Waals surface area contributed by atoms with E-state index in [1.165, 1.54) is 0 Å². The number of nitrogens with one attached hydrogen (secondary N) is 2. The molecule has 0 amide bonds. The van der Waals surface area contributed by atoms with Crippen LogP contribution in [0.15, 0.2) is 47.8 Å². The highest BCUT2D eigenvalue weighted by Gasteiger charge is 2.20. The Bertz CT molecular complexity index is 920. The van der Waals surface area contributed by atoms with Crippen LogP contribution in [-0.4, -0.2) is 31.5 Å². The largest absolute Gasteiger partial charge is 0.385 e. The van der Waals surface area contributed by atoms with E-state index in [9.17, 15) is 14.4 Å². The van der Waals surface area contributed by atoms with Crippen molar-refractivity contribution in [2.75, 3.05) is 0 Å². The Morgan fingerprint density at radius 2 is 1.92 bits per heavy atom. The Hall–Kier alpha value is -3.42. The number of H-pyrrole nitrogens is 2. The third kappa shape index (κ3) is 3.02. The maximum atomic E-state index is 12.1. The Balaban J connectivity index is 1.75. The van der Waals surface area contributed by atoms with Crippen LogP contribution in [0.25, 0.3) is 5.69 Å². The number of ether oxygens (including phenoxy) is 1. The van der Waals surface area contributed by atoms with Gasteiger partial charge in [-0.1, -0.05) is 6.92 Å². The van der Waals surface area contributed by atoms with Crippen LogP contribution in [-0.2, 0) is 11.2 Å². The number of hydrogen-bond donors (Lipinski definition) is 2. The lowest BCUT2D eigenvalue weighted by Crippen LogP contribution is -2.15. The highest BCUT2D eigenvalue weighted by atomic mass is 16.6. The molecule has 0 unspecified atom stereocenters. The molecule has 2 N–H and O–H groups in total. The summed E-state index contributed by atoms with van der Waals surface area (Å²) in [6.45, 7) is 1.77. The topological polar surface area (TPSA) is 110 Å². The number of carbonyl (C=O) groups excluding carboxylic acids is 2. The molecule has 0 aliphatic heterocycles. The number of aromatic amines is 2. The van der Waals surface area contributed by atoms with E-state index in [1.54, 1.807) is 54.5 Å². The van der Waals surface area contributed by atoms with Crippen LogP contribution in [0.4, 0.5) is 0 Å². The lowest BCUT2D eigenvalue weighted by Gasteiger charge is -2.05. The molecule has 1 aromatic carbocycles. The highest BCUT2D eigenvalue weighted by molar-refractivity contribution is 6.02. The zero-order valence-electron chi connectivity index (χ0n) is 12.8. The third-order valence-corrected chi connectivity index (χ3v) is 3.45. The fraction of sp³-hybridized carbons (Fsp3) is 0.125. The number of imidazole rings is 2. The molecular formula is C16H14N4O4. The first-order chi connectivity index (χ1) is 11.6. The number of esters is 2. The molecule has 0 saturated heterocycles. The fourth-order valence-electron chi connectivity index (χ4n) is 2.23. The molecule has 0 aliphatic rings. The molecule has 3 aromatic rings. The van der Waals surface area contributed by atoms with Gasteiger partial charge in [-0.05, 0) is 30.7 Å². The second-order valence-electron chi connectivity index (χ2n) is 4.98. The first-order valence-electron chi connectivity index (χ1n) is 7.24. The molecule has 24 heavy (non-hydrogen) atoms. The van der Waals surface area contributed by atoms with Gasteiger partial charge in [0.2, 0.25) is 0 Å². The number of aromatic nitrogens is 4. The molecule has 0 aliphatic carbocycles. The zero-order chi connectivity index (χ0) is 17.1. The standard InChI is InChI=1S/C16H14N4O4/c1-2-12-13(19-16(23)18-12)15(22)24-14(21)10-3-5-11(6-4-10)20-8-7-17-9-20/h3-9H,2H2,1H3,(H2,18,19,23). The predicted molar refractivity (Wildman–Crippen MR) is 84.1 cm³/mol. The third-order valence-electron chi connectivity index (χ3n) is 3.45. The van der Waals surface area contributed by atoms with E-state index >= 15 is 0 Å². The van der Waals surface area contributed by atoms with Crippen LogP contribution in [0, 0.1) is 0 Å². The number of benzene rings is 1. The number of rotatable bonds is 4. The molecule has 0 spiro atoms. The van der Waals surface area contributed by atoms with E-state index in [1.807, 2.05) is 0 Å². The second-order valence-corrected chi connectivity index (χ2v) is 4.98. The predicted octanol–water partition coefficient (Wildman–Crippen LogP) is 1.45. The van der Waals surface area contributed by atoms with Gasteiger partial charge in [-0.15, -0.1) is 0 Å². The van der Waals surface area contributed by atoms with E-state index in [0.29, 0.717) is 12.1 Å². The smallest absolute Gasteiger partial charge is 0.364 e. The second kappa shape index (κ2) is 6.37. The molecule has 0 saturated carbocycles. The minimum Gasteiger partial charge on any atom is -0.385 e. The average molecular weight is 326 g/mol. The van der Waals surface area contributed by atoms with Crippen molar-refractivity contribution in [3.05, 3.63) is 70.4 Å². The van der Waals surface area contributed by atoms with Crippen LogP contribution in [0.1, 0.15) is 33.5 Å². The van der Waals surface area contributed by atoms with Gasteiger partial charge in [0.05, 0.1) is 17.6 Å². The lowest BCUT2D eigenvalue weighted by atomic mass is 10.2. The number of nitrogens with zero attached hydrogens (tertiary/aromatic N) is 2.